The van der Waals surface area contributed by atoms with E-state index in [1.165, 1.54) is 24.3 Å². The molecule has 1 N–H and O–H groups in total. The maximum Gasteiger partial charge on any atom is 0.338 e. The zero-order valence-electron chi connectivity index (χ0n) is 18.7. The van der Waals surface area contributed by atoms with Crippen molar-refractivity contribution >= 4 is 40.4 Å². The number of nitrogens with zero attached hydrogens (tertiary/aromatic N) is 2. The van der Waals surface area contributed by atoms with E-state index in [9.17, 15) is 31.9 Å². The zero-order valence-corrected chi connectivity index (χ0v) is 19.6. The van der Waals surface area contributed by atoms with Gasteiger partial charge in [0.15, 0.2) is 28.4 Å². The molecule has 12 heteroatoms. The summed E-state index contributed by atoms with van der Waals surface area (Å²) in [5.41, 5.74) is -0.00966. The molecule has 1 aliphatic heterocycles. The molecule has 0 bridgehead atoms. The lowest BCUT2D eigenvalue weighted by atomic mass is 10.1. The molecule has 35 heavy (non-hydrogen) atoms. The van der Waals surface area contributed by atoms with Gasteiger partial charge in [-0.2, -0.15) is 0 Å². The monoisotopic (exact) mass is 511 g/mol. The maximum absolute atomic E-state index is 14.3. The van der Waals surface area contributed by atoms with Gasteiger partial charge in [-0.15, -0.1) is 0 Å². The number of carbonyl (C=O) groups is 3. The van der Waals surface area contributed by atoms with E-state index in [1.807, 2.05) is 0 Å². The Morgan fingerprint density at radius 3 is 2.40 bits per heavy atom. The Labute approximate surface area is 202 Å². The Hall–Kier alpha value is -3.41. The molecule has 1 atom stereocenters. The van der Waals surface area contributed by atoms with Crippen LogP contribution in [0.2, 0.25) is 0 Å². The second kappa shape index (κ2) is 11.3. The third-order valence-electron chi connectivity index (χ3n) is 4.87. The molecule has 2 amide bonds. The van der Waals surface area contributed by atoms with Gasteiger partial charge >= 0.3 is 5.97 Å². The molecule has 1 aliphatic rings. The molecule has 0 unspecified atom stereocenters. The highest BCUT2D eigenvalue weighted by Crippen LogP contribution is 2.33. The number of hydrogen-bond donors (Lipinski definition) is 1. The van der Waals surface area contributed by atoms with E-state index in [1.54, 1.807) is 13.8 Å². The van der Waals surface area contributed by atoms with Crippen LogP contribution in [0.15, 0.2) is 35.3 Å². The molecule has 7 nitrogen and oxygen atoms in total. The first kappa shape index (κ1) is 26.2. The molecule has 3 rings (SSSR count). The first-order valence-electron chi connectivity index (χ1n) is 10.6. The lowest BCUT2D eigenvalue weighted by molar-refractivity contribution is -0.129. The molecule has 2 aromatic rings. The molecule has 0 radical (unpaired) electrons. The maximum atomic E-state index is 14.3. The second-order valence-corrected chi connectivity index (χ2v) is 8.48. The van der Waals surface area contributed by atoms with Crippen molar-refractivity contribution in [2.24, 2.45) is 4.99 Å². The molecule has 0 saturated carbocycles. The van der Waals surface area contributed by atoms with Gasteiger partial charge in [0.2, 0.25) is 11.8 Å². The van der Waals surface area contributed by atoms with Gasteiger partial charge in [0.05, 0.1) is 24.4 Å². The molecule has 2 aromatic carbocycles. The smallest absolute Gasteiger partial charge is 0.338 e. The van der Waals surface area contributed by atoms with E-state index < -0.39 is 58.4 Å². The van der Waals surface area contributed by atoms with Crippen molar-refractivity contribution in [1.29, 1.82) is 0 Å². The van der Waals surface area contributed by atoms with Crippen LogP contribution in [0.4, 0.5) is 23.2 Å². The Morgan fingerprint density at radius 2 is 1.77 bits per heavy atom. The molecule has 186 valence electrons. The summed E-state index contributed by atoms with van der Waals surface area (Å²) < 4.78 is 60.0. The summed E-state index contributed by atoms with van der Waals surface area (Å²) >= 11 is 0.921. The fourth-order valence-electron chi connectivity index (χ4n) is 3.21. The lowest BCUT2D eigenvalue weighted by Gasteiger charge is -2.17. The van der Waals surface area contributed by atoms with Crippen LogP contribution in [0.3, 0.4) is 0 Å². The van der Waals surface area contributed by atoms with Crippen LogP contribution in [0.5, 0.6) is 0 Å². The summed E-state index contributed by atoms with van der Waals surface area (Å²) in [6.07, 6.45) is -0.205. The van der Waals surface area contributed by atoms with Crippen LogP contribution in [0.25, 0.3) is 0 Å². The number of nitrogens with one attached hydrogen (secondary N) is 1. The van der Waals surface area contributed by atoms with Gasteiger partial charge in [-0.3, -0.25) is 14.5 Å². The Balaban J connectivity index is 1.94. The Morgan fingerprint density at radius 1 is 1.09 bits per heavy atom. The lowest BCUT2D eigenvalue weighted by Crippen LogP contribution is -2.34. The van der Waals surface area contributed by atoms with Gasteiger partial charge in [0.25, 0.3) is 0 Å². The summed E-state index contributed by atoms with van der Waals surface area (Å²) in [7, 11) is 0. The van der Waals surface area contributed by atoms with E-state index >= 15 is 0 Å². The van der Waals surface area contributed by atoms with Crippen LogP contribution in [0.1, 0.15) is 36.2 Å². The fraction of sp³-hybridized carbons (Fsp3) is 0.304. The van der Waals surface area contributed by atoms with Crippen molar-refractivity contribution in [2.45, 2.75) is 32.1 Å². The van der Waals surface area contributed by atoms with Crippen molar-refractivity contribution in [1.82, 2.24) is 10.2 Å². The minimum atomic E-state index is -1.99. The van der Waals surface area contributed by atoms with E-state index in [4.69, 9.17) is 4.74 Å². The highest BCUT2D eigenvalue weighted by molar-refractivity contribution is 8.15. The normalized spacial score (nSPS) is 16.6. The molecule has 1 fully saturated rings. The fourth-order valence-corrected chi connectivity index (χ4v) is 4.37. The summed E-state index contributed by atoms with van der Waals surface area (Å²) in [4.78, 5) is 42.2. The molecule has 0 aliphatic carbocycles. The van der Waals surface area contributed by atoms with Crippen molar-refractivity contribution in [2.75, 3.05) is 13.2 Å². The minimum Gasteiger partial charge on any atom is -0.462 e. The number of amidine groups is 1. The van der Waals surface area contributed by atoms with Crippen LogP contribution in [0, 0.1) is 23.3 Å². The van der Waals surface area contributed by atoms with Gasteiger partial charge in [-0.1, -0.05) is 11.8 Å². The van der Waals surface area contributed by atoms with Crippen molar-refractivity contribution < 1.29 is 36.7 Å². The topological polar surface area (TPSA) is 88.1 Å². The average Bonchev–Trinajstić information content (AvgIpc) is 3.10. The summed E-state index contributed by atoms with van der Waals surface area (Å²) in [6, 6.07) is 6.35. The molecule has 1 heterocycles. The summed E-state index contributed by atoms with van der Waals surface area (Å²) in [5, 5.41) is 1.69. The third-order valence-corrected chi connectivity index (χ3v) is 6.05. The number of hydrogen-bond acceptors (Lipinski definition) is 6. The van der Waals surface area contributed by atoms with Crippen LogP contribution in [-0.4, -0.2) is 46.3 Å². The van der Waals surface area contributed by atoms with Crippen LogP contribution >= 0.6 is 11.8 Å². The van der Waals surface area contributed by atoms with Crippen molar-refractivity contribution in [3.05, 3.63) is 64.7 Å². The molecule has 0 spiro atoms. The second-order valence-electron chi connectivity index (χ2n) is 7.31. The number of benzene rings is 2. The standard InChI is InChI=1S/C23H21F4N3O4S/c1-3-28-17(31)10-16-21(32)30(11-13-9-15(24)19(26)20(27)18(13)25)23(35-16)29-14-7-5-12(6-8-14)22(33)34-4-2/h5-9,16H,3-4,10-11H2,1-2H3,(H,28,31)/t16-/m0/s1. The number of esters is 1. The van der Waals surface area contributed by atoms with Gasteiger partial charge in [0, 0.05) is 18.5 Å². The number of carbonyl (C=O) groups excluding carboxylic acids is 3. The number of aliphatic imine (C=N–C) groups is 1. The largest absolute Gasteiger partial charge is 0.462 e. The quantitative estimate of drug-likeness (QED) is 0.250. The minimum absolute atomic E-state index is 0.0396. The molecule has 1 saturated heterocycles. The highest BCUT2D eigenvalue weighted by atomic mass is 32.2. The number of ether oxygens (including phenoxy) is 1. The first-order chi connectivity index (χ1) is 16.7. The van der Waals surface area contributed by atoms with Crippen molar-refractivity contribution in [3.8, 4) is 0 Å². The molecule has 0 aromatic heterocycles. The first-order valence-corrected chi connectivity index (χ1v) is 11.5. The number of rotatable bonds is 8. The molecular weight excluding hydrogens is 490 g/mol. The van der Waals surface area contributed by atoms with E-state index in [0.29, 0.717) is 18.3 Å². The van der Waals surface area contributed by atoms with Gasteiger partial charge in [-0.25, -0.2) is 27.3 Å². The van der Waals surface area contributed by atoms with Gasteiger partial charge in [-0.05, 0) is 44.2 Å². The Kier molecular flexibility index (Phi) is 8.49. The summed E-state index contributed by atoms with van der Waals surface area (Å²) in [5.74, 6) is -8.76. The predicted molar refractivity (Wildman–Crippen MR) is 121 cm³/mol. The number of halogens is 4. The zero-order chi connectivity index (χ0) is 25.7. The van der Waals surface area contributed by atoms with Crippen LogP contribution in [-0.2, 0) is 20.9 Å². The summed E-state index contributed by atoms with van der Waals surface area (Å²) in [6.45, 7) is 3.28. The average molecular weight is 511 g/mol. The SMILES string of the molecule is CCNC(=O)C[C@@H]1SC(=Nc2ccc(C(=O)OCC)cc2)N(Cc2cc(F)c(F)c(F)c2F)C1=O. The Bertz CT molecular complexity index is 1170. The van der Waals surface area contributed by atoms with E-state index in [-0.39, 0.29) is 23.8 Å². The highest BCUT2D eigenvalue weighted by Gasteiger charge is 2.40. The van der Waals surface area contributed by atoms with Crippen molar-refractivity contribution in [3.63, 3.8) is 0 Å². The number of amides is 2. The van der Waals surface area contributed by atoms with Gasteiger partial charge in [0.1, 0.15) is 5.25 Å². The number of thioether (sulfide) groups is 1. The predicted octanol–water partition coefficient (Wildman–Crippen LogP) is 4.08. The third kappa shape index (κ3) is 5.99. The molecular formula is C23H21F4N3O4S. The van der Waals surface area contributed by atoms with Crippen LogP contribution < -0.4 is 5.32 Å². The van der Waals surface area contributed by atoms with E-state index in [0.717, 1.165) is 16.7 Å². The van der Waals surface area contributed by atoms with E-state index in [2.05, 4.69) is 10.3 Å². The van der Waals surface area contributed by atoms with Gasteiger partial charge < -0.3 is 10.1 Å².